The van der Waals surface area contributed by atoms with Crippen LogP contribution >= 0.6 is 21.6 Å². The molecule has 5 aliphatic heterocycles. The molecule has 0 saturated heterocycles. The van der Waals surface area contributed by atoms with Gasteiger partial charge in [-0.15, -0.1) is 0 Å². The SMILES string of the molecule is CC[n+]1ccc(/C=C/c2ccc(N(C)CCCN(C)C(=O)C(N)CSSCC(N)C(=O)N(C)CCC3N(C)c4ccc(cc4)/C=C/C4=CC(C)[N+]3(CC)C=C4)cc2)cc1C. The number of carbonyl (C=O) groups excluding carboxylic acids is 2. The maximum atomic E-state index is 13.5. The Morgan fingerprint density at radius 1 is 0.850 bits per heavy atom. The van der Waals surface area contributed by atoms with Gasteiger partial charge in [0, 0.05) is 96.2 Å². The third-order valence-corrected chi connectivity index (χ3v) is 14.6. The van der Waals surface area contributed by atoms with Crippen molar-refractivity contribution in [1.29, 1.82) is 0 Å². The van der Waals surface area contributed by atoms with Crippen molar-refractivity contribution in [3.8, 4) is 0 Å². The number of hydrogen-bond acceptors (Lipinski definition) is 8. The van der Waals surface area contributed by atoms with Crippen LogP contribution in [0.2, 0.25) is 0 Å². The summed E-state index contributed by atoms with van der Waals surface area (Å²) in [5.41, 5.74) is 21.0. The summed E-state index contributed by atoms with van der Waals surface area (Å²) in [6.45, 7) is 12.7. The number of aryl methyl sites for hydroxylation is 2. The minimum atomic E-state index is -0.652. The van der Waals surface area contributed by atoms with Gasteiger partial charge in [0.05, 0.1) is 24.8 Å². The molecule has 3 aromatic rings. The molecule has 0 fully saturated rings. The van der Waals surface area contributed by atoms with Crippen molar-refractivity contribution < 1.29 is 18.6 Å². The van der Waals surface area contributed by atoms with Crippen molar-refractivity contribution in [2.24, 2.45) is 11.5 Å². The van der Waals surface area contributed by atoms with Gasteiger partial charge < -0.3 is 31.1 Å². The van der Waals surface area contributed by atoms with Gasteiger partial charge >= 0.3 is 0 Å². The molecular formula is C48H68N8O2S2+2. The zero-order valence-corrected chi connectivity index (χ0v) is 38.7. The molecule has 10 nitrogen and oxygen atoms in total. The number of anilines is 2. The largest absolute Gasteiger partial charge is 0.375 e. The second-order valence-corrected chi connectivity index (χ2v) is 18.8. The Kier molecular flexibility index (Phi) is 17.1. The fourth-order valence-electron chi connectivity index (χ4n) is 8.17. The molecule has 2 aromatic carbocycles. The highest BCUT2D eigenvalue weighted by molar-refractivity contribution is 8.76. The summed E-state index contributed by atoms with van der Waals surface area (Å²) in [5, 5.41) is 0. The summed E-state index contributed by atoms with van der Waals surface area (Å²) in [5.74, 6) is 0.714. The molecule has 322 valence electrons. The first-order valence-corrected chi connectivity index (χ1v) is 23.8. The monoisotopic (exact) mass is 852 g/mol. The van der Waals surface area contributed by atoms with Gasteiger partial charge in [0.1, 0.15) is 12.6 Å². The van der Waals surface area contributed by atoms with Gasteiger partial charge in [-0.3, -0.25) is 14.1 Å². The molecule has 0 saturated carbocycles. The average Bonchev–Trinajstić information content (AvgIpc) is 3.25. The molecule has 8 rings (SSSR count). The zero-order valence-electron chi connectivity index (χ0n) is 37.0. The van der Waals surface area contributed by atoms with Gasteiger partial charge in [-0.1, -0.05) is 70.2 Å². The first-order chi connectivity index (χ1) is 28.8. The molecule has 5 aliphatic rings. The van der Waals surface area contributed by atoms with Crippen LogP contribution in [-0.2, 0) is 16.1 Å². The Morgan fingerprint density at radius 2 is 1.48 bits per heavy atom. The number of aromatic nitrogens is 1. The van der Waals surface area contributed by atoms with Crippen molar-refractivity contribution in [2.45, 2.75) is 71.4 Å². The van der Waals surface area contributed by atoms with E-state index < -0.39 is 12.1 Å². The minimum absolute atomic E-state index is 0.0819. The van der Waals surface area contributed by atoms with Crippen LogP contribution in [0.5, 0.6) is 0 Å². The Hall–Kier alpha value is -4.33. The molecule has 1 aromatic heterocycles. The number of amides is 2. The highest BCUT2D eigenvalue weighted by Gasteiger charge is 2.42. The Labute approximate surface area is 367 Å². The lowest BCUT2D eigenvalue weighted by molar-refractivity contribution is -0.918. The molecule has 4 bridgehead atoms. The van der Waals surface area contributed by atoms with Crippen molar-refractivity contribution >= 4 is 63.0 Å². The molecule has 5 atom stereocenters. The molecule has 2 amide bonds. The van der Waals surface area contributed by atoms with Crippen LogP contribution in [0.15, 0.2) is 96.9 Å². The number of allylic oxidation sites excluding steroid dienone is 3. The highest BCUT2D eigenvalue weighted by Crippen LogP contribution is 2.34. The minimum Gasteiger partial charge on any atom is -0.375 e. The highest BCUT2D eigenvalue weighted by atomic mass is 33.1. The van der Waals surface area contributed by atoms with Crippen LogP contribution in [-0.4, -0.2) is 116 Å². The van der Waals surface area contributed by atoms with Gasteiger partial charge in [0.15, 0.2) is 18.1 Å². The molecule has 60 heavy (non-hydrogen) atoms. The van der Waals surface area contributed by atoms with Crippen LogP contribution in [0.3, 0.4) is 0 Å². The normalized spacial score (nSPS) is 20.0. The van der Waals surface area contributed by atoms with E-state index in [1.165, 1.54) is 44.0 Å². The lowest BCUT2D eigenvalue weighted by Gasteiger charge is -2.50. The van der Waals surface area contributed by atoms with E-state index in [1.807, 2.05) is 14.1 Å². The zero-order chi connectivity index (χ0) is 43.4. The quantitative estimate of drug-likeness (QED) is 0.0588. The average molecular weight is 853 g/mol. The number of rotatable bonds is 19. The summed E-state index contributed by atoms with van der Waals surface area (Å²) >= 11 is 0. The van der Waals surface area contributed by atoms with E-state index in [9.17, 15) is 9.59 Å². The summed E-state index contributed by atoms with van der Waals surface area (Å²) in [6.07, 6.45) is 19.4. The van der Waals surface area contributed by atoms with Gasteiger partial charge in [0.2, 0.25) is 11.8 Å². The number of nitrogens with two attached hydrogens (primary N) is 2. The van der Waals surface area contributed by atoms with E-state index in [1.54, 1.807) is 9.80 Å². The van der Waals surface area contributed by atoms with Crippen LogP contribution in [0.25, 0.3) is 18.2 Å². The predicted molar refractivity (Wildman–Crippen MR) is 256 cm³/mol. The van der Waals surface area contributed by atoms with Crippen LogP contribution < -0.4 is 25.8 Å². The number of likely N-dealkylation sites (N-methyl/N-ethyl adjacent to an activating group) is 3. The maximum Gasteiger partial charge on any atom is 0.240 e. The first-order valence-electron chi connectivity index (χ1n) is 21.3. The molecule has 4 N–H and O–H groups in total. The van der Waals surface area contributed by atoms with Crippen molar-refractivity contribution in [1.82, 2.24) is 9.80 Å². The number of benzene rings is 2. The van der Waals surface area contributed by atoms with Crippen LogP contribution in [0.4, 0.5) is 11.4 Å². The van der Waals surface area contributed by atoms with Crippen molar-refractivity contribution in [3.05, 3.63) is 119 Å². The fraction of sp³-hybridized carbons (Fsp3) is 0.438. The lowest BCUT2D eigenvalue weighted by atomic mass is 9.99. The molecule has 6 heterocycles. The predicted octanol–water partition coefficient (Wildman–Crippen LogP) is 6.81. The van der Waals surface area contributed by atoms with Crippen molar-refractivity contribution in [2.75, 3.05) is 75.7 Å². The summed E-state index contributed by atoms with van der Waals surface area (Å²) in [4.78, 5) is 34.7. The van der Waals surface area contributed by atoms with Crippen LogP contribution in [0, 0.1) is 6.92 Å². The molecular weight excluding hydrogens is 785 g/mol. The molecule has 0 aliphatic carbocycles. The third-order valence-electron chi connectivity index (χ3n) is 12.1. The van der Waals surface area contributed by atoms with Crippen molar-refractivity contribution in [3.63, 3.8) is 0 Å². The summed E-state index contributed by atoms with van der Waals surface area (Å²) in [6, 6.07) is 20.5. The van der Waals surface area contributed by atoms with Gasteiger partial charge in [-0.2, -0.15) is 0 Å². The number of hydrogen-bond donors (Lipinski definition) is 2. The lowest BCUT2D eigenvalue weighted by Crippen LogP contribution is -2.63. The van der Waals surface area contributed by atoms with E-state index >= 15 is 0 Å². The number of quaternary nitrogens is 1. The van der Waals surface area contributed by atoms with E-state index in [2.05, 4.69) is 166 Å². The number of carbonyl (C=O) groups is 2. The van der Waals surface area contributed by atoms with E-state index in [4.69, 9.17) is 11.5 Å². The third kappa shape index (κ3) is 11.9. The first kappa shape index (κ1) is 46.7. The maximum absolute atomic E-state index is 13.5. The van der Waals surface area contributed by atoms with Gasteiger partial charge in [0.25, 0.3) is 0 Å². The second kappa shape index (κ2) is 22.0. The fourth-order valence-corrected chi connectivity index (χ4v) is 10.4. The molecule has 0 spiro atoms. The molecule has 12 heteroatoms. The van der Waals surface area contributed by atoms with Gasteiger partial charge in [-0.05, 0) is 85.9 Å². The Morgan fingerprint density at radius 3 is 2.08 bits per heavy atom. The van der Waals surface area contributed by atoms with E-state index in [0.29, 0.717) is 24.6 Å². The molecule has 0 radical (unpaired) electrons. The second-order valence-electron chi connectivity index (χ2n) is 16.2. The Balaban J connectivity index is 1.02. The topological polar surface area (TPSA) is 103 Å². The van der Waals surface area contributed by atoms with Crippen LogP contribution in [0.1, 0.15) is 56.0 Å². The smallest absolute Gasteiger partial charge is 0.240 e. The Bertz CT molecular complexity index is 2020. The number of nitrogens with zero attached hydrogens (tertiary/aromatic N) is 6. The van der Waals surface area contributed by atoms with E-state index in [0.717, 1.165) is 53.9 Å². The summed E-state index contributed by atoms with van der Waals surface area (Å²) in [7, 11) is 10.9. The number of pyridine rings is 1. The summed E-state index contributed by atoms with van der Waals surface area (Å²) < 4.78 is 2.99. The molecule has 5 unspecified atom stereocenters. The standard InChI is InChI=1S/C48H68N8O2S2/c1-9-55-30-24-40(32-36(55)3)14-12-38-16-20-42(21-17-38)51(5)27-11-28-52(6)47(57)44(49)34-59-60-35-45(50)48(58)53(7)29-25-46-54(8)43-22-18-39(19-23-43)13-15-41-26-31-56(46,10-2)37(4)33-41/h12-24,26,30-33,37,44-46H,9-11,25,27-29,34-35,49-50H2,1-8H3/q+2/b15-13+. The van der Waals surface area contributed by atoms with E-state index in [-0.39, 0.29) is 24.0 Å². The van der Waals surface area contributed by atoms with Gasteiger partial charge in [-0.25, -0.2) is 4.57 Å².